The van der Waals surface area contributed by atoms with Crippen LogP contribution in [-0.4, -0.2) is 30.4 Å². The predicted octanol–water partition coefficient (Wildman–Crippen LogP) is 3.05. The highest BCUT2D eigenvalue weighted by atomic mass is 16.3. The van der Waals surface area contributed by atoms with Crippen LogP contribution in [0.1, 0.15) is 19.1 Å². The van der Waals surface area contributed by atoms with Crippen LogP contribution in [0.4, 0.5) is 5.69 Å². The van der Waals surface area contributed by atoms with Crippen molar-refractivity contribution in [3.05, 3.63) is 54.5 Å². The summed E-state index contributed by atoms with van der Waals surface area (Å²) in [5.74, 6) is 0.710. The molecule has 1 amide bonds. The quantitative estimate of drug-likeness (QED) is 0.752. The van der Waals surface area contributed by atoms with Crippen molar-refractivity contribution in [3.63, 3.8) is 0 Å². The zero-order valence-corrected chi connectivity index (χ0v) is 13.3. The van der Waals surface area contributed by atoms with Crippen molar-refractivity contribution >= 4 is 11.6 Å². The fourth-order valence-electron chi connectivity index (χ4n) is 2.36. The van der Waals surface area contributed by atoms with Crippen LogP contribution in [0.15, 0.2) is 53.1 Å². The van der Waals surface area contributed by atoms with Crippen LogP contribution in [0.3, 0.4) is 0 Å². The molecule has 2 aromatic rings. The smallest absolute Gasteiger partial charge is 0.242 e. The van der Waals surface area contributed by atoms with Crippen molar-refractivity contribution in [2.24, 2.45) is 0 Å². The lowest BCUT2D eigenvalue weighted by molar-refractivity contribution is -0.130. The molecule has 0 bridgehead atoms. The van der Waals surface area contributed by atoms with Gasteiger partial charge >= 0.3 is 0 Å². The number of likely N-dealkylation sites (N-methyl/N-ethyl adjacent to an activating group) is 1. The number of para-hydroxylation sites is 1. The molecule has 2 rings (SSSR count). The Morgan fingerprint density at radius 3 is 2.61 bits per heavy atom. The summed E-state index contributed by atoms with van der Waals surface area (Å²) in [5, 5.41) is 8.81. The molecular formula is C18H21N3O2. The number of hydrogen-bond donors (Lipinski definition) is 0. The van der Waals surface area contributed by atoms with E-state index >= 15 is 0 Å². The predicted molar refractivity (Wildman–Crippen MR) is 88.7 cm³/mol. The zero-order chi connectivity index (χ0) is 16.5. The van der Waals surface area contributed by atoms with Crippen molar-refractivity contribution < 1.29 is 9.21 Å². The van der Waals surface area contributed by atoms with Gasteiger partial charge in [-0.05, 0) is 31.2 Å². The topological polar surface area (TPSA) is 60.5 Å². The van der Waals surface area contributed by atoms with Gasteiger partial charge in [0.05, 0.1) is 31.8 Å². The number of furan rings is 1. The summed E-state index contributed by atoms with van der Waals surface area (Å²) in [5.41, 5.74) is 1.02. The van der Waals surface area contributed by atoms with E-state index in [0.717, 1.165) is 18.0 Å². The van der Waals surface area contributed by atoms with E-state index in [1.54, 1.807) is 17.2 Å². The molecule has 0 atom stereocenters. The van der Waals surface area contributed by atoms with E-state index in [0.29, 0.717) is 19.5 Å². The van der Waals surface area contributed by atoms with Gasteiger partial charge in [-0.2, -0.15) is 5.26 Å². The van der Waals surface area contributed by atoms with E-state index in [1.165, 1.54) is 0 Å². The number of nitriles is 1. The first-order valence-electron chi connectivity index (χ1n) is 7.71. The number of rotatable bonds is 8. The van der Waals surface area contributed by atoms with Crippen LogP contribution in [0.25, 0.3) is 0 Å². The van der Waals surface area contributed by atoms with Gasteiger partial charge < -0.3 is 14.2 Å². The summed E-state index contributed by atoms with van der Waals surface area (Å²) < 4.78 is 5.32. The van der Waals surface area contributed by atoms with E-state index < -0.39 is 0 Å². The van der Waals surface area contributed by atoms with Gasteiger partial charge in [0.1, 0.15) is 5.76 Å². The van der Waals surface area contributed by atoms with Gasteiger partial charge in [-0.15, -0.1) is 0 Å². The van der Waals surface area contributed by atoms with E-state index in [4.69, 9.17) is 9.68 Å². The van der Waals surface area contributed by atoms with Crippen LogP contribution in [0, 0.1) is 11.3 Å². The molecule has 0 spiro atoms. The van der Waals surface area contributed by atoms with E-state index in [1.807, 2.05) is 48.2 Å². The summed E-state index contributed by atoms with van der Waals surface area (Å²) in [4.78, 5) is 16.3. The van der Waals surface area contributed by atoms with Crippen LogP contribution < -0.4 is 4.90 Å². The molecule has 0 aliphatic carbocycles. The van der Waals surface area contributed by atoms with Gasteiger partial charge in [0, 0.05) is 18.8 Å². The highest BCUT2D eigenvalue weighted by molar-refractivity contribution is 5.81. The Morgan fingerprint density at radius 1 is 1.22 bits per heavy atom. The lowest BCUT2D eigenvalue weighted by Crippen LogP contribution is -2.40. The summed E-state index contributed by atoms with van der Waals surface area (Å²) in [6, 6.07) is 15.6. The van der Waals surface area contributed by atoms with Crippen molar-refractivity contribution in [2.45, 2.75) is 19.9 Å². The first-order chi connectivity index (χ1) is 11.2. The minimum absolute atomic E-state index is 0.0117. The Hall–Kier alpha value is -2.74. The Bertz CT molecular complexity index is 632. The van der Waals surface area contributed by atoms with Crippen molar-refractivity contribution in [1.82, 2.24) is 4.90 Å². The molecule has 0 saturated carbocycles. The molecule has 1 heterocycles. The molecule has 0 aliphatic rings. The number of amides is 1. The molecule has 0 aliphatic heterocycles. The van der Waals surface area contributed by atoms with Crippen molar-refractivity contribution in [1.29, 1.82) is 5.26 Å². The van der Waals surface area contributed by atoms with Gasteiger partial charge in [-0.3, -0.25) is 4.79 Å². The number of benzene rings is 1. The standard InChI is InChI=1S/C18H21N3O2/c1-2-20(16-8-4-3-5-9-16)15-18(22)21(12-7-11-19)14-17-10-6-13-23-17/h3-6,8-10,13H,2,7,12,14-15H2,1H3. The lowest BCUT2D eigenvalue weighted by atomic mass is 10.2. The minimum atomic E-state index is -0.0117. The Morgan fingerprint density at radius 2 is 2.00 bits per heavy atom. The zero-order valence-electron chi connectivity index (χ0n) is 13.3. The van der Waals surface area contributed by atoms with Gasteiger partial charge in [-0.25, -0.2) is 0 Å². The van der Waals surface area contributed by atoms with Gasteiger partial charge in [0.25, 0.3) is 0 Å². The van der Waals surface area contributed by atoms with Crippen LogP contribution in [-0.2, 0) is 11.3 Å². The van der Waals surface area contributed by atoms with Gasteiger partial charge in [0.15, 0.2) is 0 Å². The Labute approximate surface area is 136 Å². The number of carbonyl (C=O) groups is 1. The summed E-state index contributed by atoms with van der Waals surface area (Å²) in [6.45, 7) is 3.84. The van der Waals surface area contributed by atoms with Crippen molar-refractivity contribution in [2.75, 3.05) is 24.5 Å². The SMILES string of the molecule is CCN(CC(=O)N(CCC#N)Cc1ccco1)c1ccccc1. The molecule has 0 fully saturated rings. The molecule has 23 heavy (non-hydrogen) atoms. The average Bonchev–Trinajstić information content (AvgIpc) is 3.10. The van der Waals surface area contributed by atoms with Crippen LogP contribution >= 0.6 is 0 Å². The number of nitrogens with zero attached hydrogens (tertiary/aromatic N) is 3. The van der Waals surface area contributed by atoms with Gasteiger partial charge in [-0.1, -0.05) is 18.2 Å². The molecule has 5 nitrogen and oxygen atoms in total. The normalized spacial score (nSPS) is 10.1. The molecule has 120 valence electrons. The summed E-state index contributed by atoms with van der Waals surface area (Å²) in [7, 11) is 0. The second-order valence-electron chi connectivity index (χ2n) is 5.15. The fourth-order valence-corrected chi connectivity index (χ4v) is 2.36. The third-order valence-electron chi connectivity index (χ3n) is 3.60. The van der Waals surface area contributed by atoms with Crippen molar-refractivity contribution in [3.8, 4) is 6.07 Å². The molecule has 1 aromatic carbocycles. The van der Waals surface area contributed by atoms with E-state index in [9.17, 15) is 4.79 Å². The Balaban J connectivity index is 2.05. The number of hydrogen-bond acceptors (Lipinski definition) is 4. The molecular weight excluding hydrogens is 290 g/mol. The maximum atomic E-state index is 12.7. The molecule has 1 aromatic heterocycles. The van der Waals surface area contributed by atoms with Crippen LogP contribution in [0.2, 0.25) is 0 Å². The third-order valence-corrected chi connectivity index (χ3v) is 3.60. The van der Waals surface area contributed by atoms with E-state index in [-0.39, 0.29) is 12.5 Å². The average molecular weight is 311 g/mol. The number of anilines is 1. The van der Waals surface area contributed by atoms with E-state index in [2.05, 4.69) is 6.07 Å². The largest absolute Gasteiger partial charge is 0.467 e. The highest BCUT2D eigenvalue weighted by Gasteiger charge is 2.18. The lowest BCUT2D eigenvalue weighted by Gasteiger charge is -2.27. The van der Waals surface area contributed by atoms with Crippen LogP contribution in [0.5, 0.6) is 0 Å². The summed E-state index contributed by atoms with van der Waals surface area (Å²) >= 11 is 0. The first-order valence-corrected chi connectivity index (χ1v) is 7.71. The summed E-state index contributed by atoms with van der Waals surface area (Å²) in [6.07, 6.45) is 1.90. The monoisotopic (exact) mass is 311 g/mol. The second kappa shape index (κ2) is 8.64. The number of carbonyl (C=O) groups excluding carboxylic acids is 1. The molecule has 0 N–H and O–H groups in total. The molecule has 0 unspecified atom stereocenters. The maximum Gasteiger partial charge on any atom is 0.242 e. The molecule has 5 heteroatoms. The Kier molecular flexibility index (Phi) is 6.25. The van der Waals surface area contributed by atoms with Gasteiger partial charge in [0.2, 0.25) is 5.91 Å². The fraction of sp³-hybridized carbons (Fsp3) is 0.333. The minimum Gasteiger partial charge on any atom is -0.467 e. The second-order valence-corrected chi connectivity index (χ2v) is 5.15. The molecule has 0 radical (unpaired) electrons. The first kappa shape index (κ1) is 16.6. The molecule has 0 saturated heterocycles. The highest BCUT2D eigenvalue weighted by Crippen LogP contribution is 2.14. The third kappa shape index (κ3) is 4.89. The maximum absolute atomic E-state index is 12.7.